The van der Waals surface area contributed by atoms with Crippen molar-refractivity contribution in [2.45, 2.75) is 79.1 Å². The van der Waals surface area contributed by atoms with Crippen molar-refractivity contribution >= 4 is 40.2 Å². The fourth-order valence-electron chi connectivity index (χ4n) is 1.82. The quantitative estimate of drug-likeness (QED) is 0.397. The molecule has 168 valence electrons. The van der Waals surface area contributed by atoms with E-state index >= 15 is 0 Å². The SMILES string of the molecule is CC(C)(C)OC(=O)N(C(=O)OC(C)(C)C)N(C(=O)OC(C)(C)C)c1ncc(Br)cn1. The van der Waals surface area contributed by atoms with E-state index in [0.717, 1.165) is 0 Å². The van der Waals surface area contributed by atoms with Gasteiger partial charge < -0.3 is 14.2 Å². The second-order valence-corrected chi connectivity index (χ2v) is 10.2. The van der Waals surface area contributed by atoms with Gasteiger partial charge in [0, 0.05) is 12.4 Å². The molecule has 11 heteroatoms. The first-order valence-electron chi connectivity index (χ1n) is 9.16. The molecule has 0 radical (unpaired) electrons. The Kier molecular flexibility index (Phi) is 7.81. The average Bonchev–Trinajstić information content (AvgIpc) is 2.47. The van der Waals surface area contributed by atoms with Gasteiger partial charge in [0.1, 0.15) is 16.8 Å². The van der Waals surface area contributed by atoms with E-state index in [-0.39, 0.29) is 5.95 Å². The van der Waals surface area contributed by atoms with Gasteiger partial charge in [-0.05, 0) is 78.2 Å². The summed E-state index contributed by atoms with van der Waals surface area (Å²) in [5.41, 5.74) is -2.85. The Labute approximate surface area is 185 Å². The van der Waals surface area contributed by atoms with E-state index in [1.807, 2.05) is 0 Å². The molecule has 10 nitrogen and oxygen atoms in total. The summed E-state index contributed by atoms with van der Waals surface area (Å²) in [7, 11) is 0. The number of amides is 3. The van der Waals surface area contributed by atoms with Crippen LogP contribution in [0.3, 0.4) is 0 Å². The van der Waals surface area contributed by atoms with Gasteiger partial charge in [-0.1, -0.05) is 0 Å². The van der Waals surface area contributed by atoms with Gasteiger partial charge in [-0.15, -0.1) is 10.0 Å². The van der Waals surface area contributed by atoms with E-state index < -0.39 is 35.1 Å². The van der Waals surface area contributed by atoms with Crippen molar-refractivity contribution in [3.63, 3.8) is 0 Å². The van der Waals surface area contributed by atoms with E-state index in [2.05, 4.69) is 25.9 Å². The van der Waals surface area contributed by atoms with Crippen LogP contribution < -0.4 is 5.01 Å². The smallest absolute Gasteiger partial charge is 0.440 e. The van der Waals surface area contributed by atoms with Gasteiger partial charge in [-0.3, -0.25) is 0 Å². The second kappa shape index (κ2) is 9.15. The number of rotatable bonds is 1. The number of carbonyl (C=O) groups excluding carboxylic acids is 3. The lowest BCUT2D eigenvalue weighted by Crippen LogP contribution is -2.57. The molecule has 30 heavy (non-hydrogen) atoms. The maximum Gasteiger partial charge on any atom is 0.440 e. The Morgan fingerprint density at radius 2 is 1.07 bits per heavy atom. The molecule has 0 N–H and O–H groups in total. The predicted molar refractivity (Wildman–Crippen MR) is 113 cm³/mol. The number of halogens is 1. The molecule has 1 aromatic rings. The van der Waals surface area contributed by atoms with Gasteiger partial charge in [0.25, 0.3) is 5.95 Å². The van der Waals surface area contributed by atoms with Crippen molar-refractivity contribution in [1.82, 2.24) is 15.0 Å². The molecule has 0 fully saturated rings. The zero-order valence-corrected chi connectivity index (χ0v) is 20.4. The lowest BCUT2D eigenvalue weighted by molar-refractivity contribution is -0.00711. The highest BCUT2D eigenvalue weighted by Gasteiger charge is 2.42. The van der Waals surface area contributed by atoms with Crippen LogP contribution in [-0.4, -0.2) is 50.1 Å². The van der Waals surface area contributed by atoms with E-state index in [0.29, 0.717) is 14.5 Å². The van der Waals surface area contributed by atoms with Crippen molar-refractivity contribution in [3.05, 3.63) is 16.9 Å². The van der Waals surface area contributed by atoms with Gasteiger partial charge in [-0.25, -0.2) is 24.4 Å². The number of hydrogen-bond donors (Lipinski definition) is 0. The van der Waals surface area contributed by atoms with Crippen LogP contribution in [0.15, 0.2) is 16.9 Å². The molecule has 0 aliphatic heterocycles. The molecule has 0 aromatic carbocycles. The van der Waals surface area contributed by atoms with Crippen LogP contribution in [0, 0.1) is 0 Å². The van der Waals surface area contributed by atoms with E-state index in [1.54, 1.807) is 62.3 Å². The molecule has 0 bridgehead atoms. The molecule has 0 saturated carbocycles. The lowest BCUT2D eigenvalue weighted by atomic mass is 10.2. The molecule has 1 heterocycles. The molecule has 0 atom stereocenters. The Bertz CT molecular complexity index is 750. The van der Waals surface area contributed by atoms with Gasteiger partial charge in [-0.2, -0.15) is 0 Å². The van der Waals surface area contributed by atoms with Crippen molar-refractivity contribution in [3.8, 4) is 0 Å². The monoisotopic (exact) mass is 488 g/mol. The molecule has 0 saturated heterocycles. The third-order valence-corrected chi connectivity index (χ3v) is 3.10. The predicted octanol–water partition coefficient (Wildman–Crippen LogP) is 5.07. The molecule has 0 spiro atoms. The van der Waals surface area contributed by atoms with Crippen LogP contribution in [-0.2, 0) is 14.2 Å². The number of imide groups is 1. The fourth-order valence-corrected chi connectivity index (χ4v) is 2.03. The number of hydrogen-bond acceptors (Lipinski definition) is 8. The first kappa shape index (κ1) is 25.6. The van der Waals surface area contributed by atoms with E-state index in [9.17, 15) is 14.4 Å². The van der Waals surface area contributed by atoms with Crippen molar-refractivity contribution in [2.24, 2.45) is 0 Å². The molecular weight excluding hydrogens is 460 g/mol. The number of ether oxygens (including phenoxy) is 3. The Morgan fingerprint density at radius 1 is 0.733 bits per heavy atom. The van der Waals surface area contributed by atoms with Gasteiger partial charge >= 0.3 is 18.3 Å². The molecule has 3 amide bonds. The highest BCUT2D eigenvalue weighted by Crippen LogP contribution is 2.22. The largest absolute Gasteiger partial charge is 0.442 e. The third kappa shape index (κ3) is 8.52. The molecule has 0 unspecified atom stereocenters. The summed E-state index contributed by atoms with van der Waals surface area (Å²) in [6.07, 6.45) is -0.686. The van der Waals surface area contributed by atoms with Crippen LogP contribution in [0.25, 0.3) is 0 Å². The summed E-state index contributed by atoms with van der Waals surface area (Å²) in [4.78, 5) is 46.9. The standard InChI is InChI=1S/C19H29BrN4O6/c1-17(2,3)28-14(25)23(13-21-10-12(20)11-22-13)24(15(26)29-18(4,5)6)16(27)30-19(7,8)9/h10-11H,1-9H3. The average molecular weight is 489 g/mol. The van der Waals surface area contributed by atoms with Crippen LogP contribution in [0.4, 0.5) is 20.3 Å². The van der Waals surface area contributed by atoms with E-state index in [4.69, 9.17) is 14.2 Å². The number of carbonyl (C=O) groups is 3. The highest BCUT2D eigenvalue weighted by molar-refractivity contribution is 9.10. The molecule has 0 aliphatic carbocycles. The van der Waals surface area contributed by atoms with Crippen LogP contribution in [0.2, 0.25) is 0 Å². The highest BCUT2D eigenvalue weighted by atomic mass is 79.9. The Morgan fingerprint density at radius 3 is 1.40 bits per heavy atom. The minimum Gasteiger partial charge on any atom is -0.442 e. The van der Waals surface area contributed by atoms with Crippen molar-refractivity contribution in [1.29, 1.82) is 0 Å². The summed E-state index contributed by atoms with van der Waals surface area (Å²) in [5, 5.41) is 0.966. The second-order valence-electron chi connectivity index (χ2n) is 9.27. The minimum absolute atomic E-state index is 0.288. The van der Waals surface area contributed by atoms with Crippen molar-refractivity contribution < 1.29 is 28.6 Å². The maximum absolute atomic E-state index is 13.0. The molecule has 1 rings (SSSR count). The number of hydrazine groups is 1. The Balaban J connectivity index is 3.55. The minimum atomic E-state index is -1.16. The third-order valence-electron chi connectivity index (χ3n) is 2.70. The number of anilines is 1. The van der Waals surface area contributed by atoms with Crippen LogP contribution >= 0.6 is 15.9 Å². The summed E-state index contributed by atoms with van der Waals surface area (Å²) < 4.78 is 16.5. The first-order chi connectivity index (χ1) is 13.4. The van der Waals surface area contributed by atoms with Gasteiger partial charge in [0.2, 0.25) is 0 Å². The molecule has 0 aliphatic rings. The van der Waals surface area contributed by atoms with Crippen molar-refractivity contribution in [2.75, 3.05) is 5.01 Å². The molecular formula is C19H29BrN4O6. The number of nitrogens with zero attached hydrogens (tertiary/aromatic N) is 4. The van der Waals surface area contributed by atoms with Crippen LogP contribution in [0.5, 0.6) is 0 Å². The lowest BCUT2D eigenvalue weighted by Gasteiger charge is -2.34. The topological polar surface area (TPSA) is 111 Å². The fraction of sp³-hybridized carbons (Fsp3) is 0.632. The summed E-state index contributed by atoms with van der Waals surface area (Å²) in [5.74, 6) is -0.288. The number of aromatic nitrogens is 2. The molecule has 1 aromatic heterocycles. The first-order valence-corrected chi connectivity index (χ1v) is 9.95. The summed E-state index contributed by atoms with van der Waals surface area (Å²) >= 11 is 3.20. The van der Waals surface area contributed by atoms with E-state index in [1.165, 1.54) is 12.4 Å². The zero-order chi connectivity index (χ0) is 23.5. The van der Waals surface area contributed by atoms with Gasteiger partial charge in [0.05, 0.1) is 4.47 Å². The summed E-state index contributed by atoms with van der Waals surface area (Å²) in [6.45, 7) is 14.6. The Hall–Kier alpha value is -2.43. The maximum atomic E-state index is 13.0. The van der Waals surface area contributed by atoms with Crippen LogP contribution in [0.1, 0.15) is 62.3 Å². The normalized spacial score (nSPS) is 12.1. The van der Waals surface area contributed by atoms with Gasteiger partial charge in [0.15, 0.2) is 0 Å². The summed E-state index contributed by atoms with van der Waals surface area (Å²) in [6, 6.07) is 0. The zero-order valence-electron chi connectivity index (χ0n) is 18.8.